The number of aryl methyl sites for hydroxylation is 1. The standard InChI is InChI=1S/C22H23F3O3S/c1-3-27-21(26)15-28-20-12-11-19(14-16(20)2)29-13-5-4-6-17-7-9-18(10-8-17)22(23,24)25/h4,6-12,14H,3,5,13,15H2,1-2H3/b6-4+. The minimum atomic E-state index is -4.31. The van der Waals surface area contributed by atoms with Gasteiger partial charge in [-0.2, -0.15) is 13.2 Å². The van der Waals surface area contributed by atoms with Crippen molar-refractivity contribution in [2.24, 2.45) is 0 Å². The van der Waals surface area contributed by atoms with E-state index in [9.17, 15) is 18.0 Å². The number of alkyl halides is 3. The normalized spacial score (nSPS) is 11.6. The fraction of sp³-hybridized carbons (Fsp3) is 0.318. The number of benzene rings is 2. The van der Waals surface area contributed by atoms with E-state index in [1.54, 1.807) is 18.7 Å². The molecule has 0 saturated carbocycles. The van der Waals surface area contributed by atoms with E-state index in [1.807, 2.05) is 37.3 Å². The summed E-state index contributed by atoms with van der Waals surface area (Å²) in [6.07, 6.45) is 0.236. The lowest BCUT2D eigenvalue weighted by molar-refractivity contribution is -0.145. The van der Waals surface area contributed by atoms with Gasteiger partial charge in [0.2, 0.25) is 0 Å². The van der Waals surface area contributed by atoms with Crippen molar-refractivity contribution < 1.29 is 27.4 Å². The highest BCUT2D eigenvalue weighted by molar-refractivity contribution is 7.99. The molecule has 2 aromatic rings. The maximum absolute atomic E-state index is 12.5. The number of ether oxygens (including phenoxy) is 2. The molecule has 0 saturated heterocycles. The molecule has 0 aliphatic carbocycles. The summed E-state index contributed by atoms with van der Waals surface area (Å²) in [5.74, 6) is 1.08. The smallest absolute Gasteiger partial charge is 0.416 e. The molecule has 0 unspecified atom stereocenters. The number of thioether (sulfide) groups is 1. The van der Waals surface area contributed by atoms with Crippen LogP contribution in [0.15, 0.2) is 53.4 Å². The van der Waals surface area contributed by atoms with Crippen LogP contribution in [0.4, 0.5) is 13.2 Å². The second-order valence-corrected chi connectivity index (χ2v) is 7.35. The highest BCUT2D eigenvalue weighted by atomic mass is 32.2. The molecule has 29 heavy (non-hydrogen) atoms. The van der Waals surface area contributed by atoms with E-state index in [0.717, 1.165) is 40.3 Å². The molecule has 7 heteroatoms. The SMILES string of the molecule is CCOC(=O)COc1ccc(SCC/C=C/c2ccc(C(F)(F)F)cc2)cc1C. The van der Waals surface area contributed by atoms with Crippen LogP contribution in [0.25, 0.3) is 6.08 Å². The molecule has 0 aromatic heterocycles. The Morgan fingerprint density at radius 3 is 2.48 bits per heavy atom. The fourth-order valence-corrected chi connectivity index (χ4v) is 3.37. The number of hydrogen-bond donors (Lipinski definition) is 0. The van der Waals surface area contributed by atoms with Gasteiger partial charge in [-0.05, 0) is 61.7 Å². The lowest BCUT2D eigenvalue weighted by Gasteiger charge is -2.10. The molecule has 0 aliphatic heterocycles. The first kappa shape index (κ1) is 22.9. The lowest BCUT2D eigenvalue weighted by atomic mass is 10.1. The Morgan fingerprint density at radius 1 is 1.14 bits per heavy atom. The first-order chi connectivity index (χ1) is 13.8. The number of esters is 1. The maximum atomic E-state index is 12.5. The van der Waals surface area contributed by atoms with E-state index in [4.69, 9.17) is 9.47 Å². The molecule has 0 amide bonds. The van der Waals surface area contributed by atoms with Gasteiger partial charge in [-0.3, -0.25) is 0 Å². The van der Waals surface area contributed by atoms with Crippen LogP contribution in [0.2, 0.25) is 0 Å². The predicted molar refractivity (Wildman–Crippen MR) is 109 cm³/mol. The quantitative estimate of drug-likeness (QED) is 0.275. The molecule has 0 radical (unpaired) electrons. The first-order valence-electron chi connectivity index (χ1n) is 9.15. The van der Waals surface area contributed by atoms with Crippen LogP contribution < -0.4 is 4.74 Å². The molecule has 156 valence electrons. The van der Waals surface area contributed by atoms with Gasteiger partial charge < -0.3 is 9.47 Å². The van der Waals surface area contributed by atoms with Crippen LogP contribution in [-0.4, -0.2) is 24.9 Å². The highest BCUT2D eigenvalue weighted by Crippen LogP contribution is 2.29. The van der Waals surface area contributed by atoms with E-state index in [-0.39, 0.29) is 6.61 Å². The van der Waals surface area contributed by atoms with Gasteiger partial charge in [-0.25, -0.2) is 4.79 Å². The summed E-state index contributed by atoms with van der Waals surface area (Å²) in [7, 11) is 0. The summed E-state index contributed by atoms with van der Waals surface area (Å²) >= 11 is 1.67. The maximum Gasteiger partial charge on any atom is 0.416 e. The Morgan fingerprint density at radius 2 is 1.86 bits per heavy atom. The Labute approximate surface area is 172 Å². The largest absolute Gasteiger partial charge is 0.482 e. The zero-order valence-corrected chi connectivity index (χ0v) is 17.1. The third kappa shape index (κ3) is 7.85. The van der Waals surface area contributed by atoms with Gasteiger partial charge in [0.15, 0.2) is 6.61 Å². The molecule has 3 nitrogen and oxygen atoms in total. The molecule has 2 rings (SSSR count). The molecule has 0 spiro atoms. The van der Waals surface area contributed by atoms with Crippen molar-refractivity contribution in [1.29, 1.82) is 0 Å². The number of carbonyl (C=O) groups is 1. The average molecular weight is 424 g/mol. The van der Waals surface area contributed by atoms with Crippen molar-refractivity contribution in [2.75, 3.05) is 19.0 Å². The van der Waals surface area contributed by atoms with Gasteiger partial charge in [-0.15, -0.1) is 11.8 Å². The van der Waals surface area contributed by atoms with Crippen LogP contribution >= 0.6 is 11.8 Å². The fourth-order valence-electron chi connectivity index (χ4n) is 2.46. The van der Waals surface area contributed by atoms with Gasteiger partial charge in [0, 0.05) is 10.6 Å². The molecule has 2 aromatic carbocycles. The van der Waals surface area contributed by atoms with Gasteiger partial charge >= 0.3 is 12.1 Å². The van der Waals surface area contributed by atoms with E-state index in [1.165, 1.54) is 12.1 Å². The van der Waals surface area contributed by atoms with Crippen LogP contribution in [0.1, 0.15) is 30.0 Å². The van der Waals surface area contributed by atoms with Crippen LogP contribution in [0.3, 0.4) is 0 Å². The number of allylic oxidation sites excluding steroid dienone is 1. The highest BCUT2D eigenvalue weighted by Gasteiger charge is 2.29. The van der Waals surface area contributed by atoms with Gasteiger partial charge in [0.1, 0.15) is 5.75 Å². The summed E-state index contributed by atoms with van der Waals surface area (Å²) in [5, 5.41) is 0. The van der Waals surface area contributed by atoms with Crippen molar-refractivity contribution >= 4 is 23.8 Å². The molecule has 0 fully saturated rings. The van der Waals surface area contributed by atoms with Gasteiger partial charge in [0.05, 0.1) is 12.2 Å². The number of carbonyl (C=O) groups excluding carboxylic acids is 1. The predicted octanol–water partition coefficient (Wildman–Crippen LogP) is 6.15. The number of halogens is 3. The minimum absolute atomic E-state index is 0.115. The molecule has 0 N–H and O–H groups in total. The van der Waals surface area contributed by atoms with E-state index >= 15 is 0 Å². The summed E-state index contributed by atoms with van der Waals surface area (Å²) in [5.41, 5.74) is 1.02. The monoisotopic (exact) mass is 424 g/mol. The van der Waals surface area contributed by atoms with Crippen LogP contribution in [0.5, 0.6) is 5.75 Å². The summed E-state index contributed by atoms with van der Waals surface area (Å²) in [4.78, 5) is 12.4. The van der Waals surface area contributed by atoms with Gasteiger partial charge in [0.25, 0.3) is 0 Å². The number of hydrogen-bond acceptors (Lipinski definition) is 4. The van der Waals surface area contributed by atoms with Crippen LogP contribution in [-0.2, 0) is 15.7 Å². The Bertz CT molecular complexity index is 830. The van der Waals surface area contributed by atoms with Crippen molar-refractivity contribution in [3.8, 4) is 5.75 Å². The lowest BCUT2D eigenvalue weighted by Crippen LogP contribution is -2.14. The second kappa shape index (κ2) is 11.0. The molecule has 0 bridgehead atoms. The average Bonchev–Trinajstić information content (AvgIpc) is 2.67. The zero-order chi connectivity index (χ0) is 21.3. The van der Waals surface area contributed by atoms with Crippen molar-refractivity contribution in [2.45, 2.75) is 31.3 Å². The Hall–Kier alpha value is -2.41. The summed E-state index contributed by atoms with van der Waals surface area (Å²) < 4.78 is 47.9. The van der Waals surface area contributed by atoms with Crippen molar-refractivity contribution in [1.82, 2.24) is 0 Å². The molecule has 0 aliphatic rings. The summed E-state index contributed by atoms with van der Waals surface area (Å²) in [6, 6.07) is 10.8. The topological polar surface area (TPSA) is 35.5 Å². The van der Waals surface area contributed by atoms with E-state index < -0.39 is 17.7 Å². The molecular weight excluding hydrogens is 401 g/mol. The van der Waals surface area contributed by atoms with E-state index in [2.05, 4.69) is 0 Å². The summed E-state index contributed by atoms with van der Waals surface area (Å²) in [6.45, 7) is 3.86. The van der Waals surface area contributed by atoms with Gasteiger partial charge in [-0.1, -0.05) is 24.3 Å². The third-order valence-electron chi connectivity index (χ3n) is 3.90. The molecule has 0 heterocycles. The number of rotatable bonds is 9. The van der Waals surface area contributed by atoms with E-state index in [0.29, 0.717) is 12.4 Å². The zero-order valence-electron chi connectivity index (χ0n) is 16.3. The van der Waals surface area contributed by atoms with Crippen molar-refractivity contribution in [3.63, 3.8) is 0 Å². The van der Waals surface area contributed by atoms with Crippen LogP contribution in [0, 0.1) is 6.92 Å². The Balaban J connectivity index is 1.78. The minimum Gasteiger partial charge on any atom is -0.482 e. The Kier molecular flexibility index (Phi) is 8.64. The third-order valence-corrected chi connectivity index (χ3v) is 4.93. The molecular formula is C22H23F3O3S. The first-order valence-corrected chi connectivity index (χ1v) is 10.1. The molecule has 0 atom stereocenters. The van der Waals surface area contributed by atoms with Crippen molar-refractivity contribution in [3.05, 3.63) is 65.2 Å². The second-order valence-electron chi connectivity index (χ2n) is 6.18.